The number of hydrogen-bond donors (Lipinski definition) is 1. The van der Waals surface area contributed by atoms with E-state index in [0.29, 0.717) is 6.61 Å². The molecule has 78 valence electrons. The van der Waals surface area contributed by atoms with Crippen molar-refractivity contribution in [2.75, 3.05) is 26.1 Å². The van der Waals surface area contributed by atoms with Crippen LogP contribution >= 0.6 is 0 Å². The molecule has 0 fully saturated rings. The van der Waals surface area contributed by atoms with Gasteiger partial charge in [-0.15, -0.1) is 5.10 Å². The number of nitrogen functional groups attached to an aromatic ring is 1. The van der Waals surface area contributed by atoms with E-state index in [4.69, 9.17) is 15.2 Å². The van der Waals surface area contributed by atoms with Gasteiger partial charge in [-0.1, -0.05) is 0 Å². The van der Waals surface area contributed by atoms with Gasteiger partial charge in [0.2, 0.25) is 5.95 Å². The lowest BCUT2D eigenvalue weighted by Gasteiger charge is -2.02. The van der Waals surface area contributed by atoms with E-state index in [-0.39, 0.29) is 19.1 Å². The molecule has 0 bridgehead atoms. The third kappa shape index (κ3) is 3.40. The molecule has 0 atom stereocenters. The summed E-state index contributed by atoms with van der Waals surface area (Å²) in [7, 11) is 1.53. The summed E-state index contributed by atoms with van der Waals surface area (Å²) in [6.45, 7) is 0.624. The summed E-state index contributed by atoms with van der Waals surface area (Å²) in [5.74, 6) is -0.262. The van der Waals surface area contributed by atoms with Crippen LogP contribution in [0.3, 0.4) is 0 Å². The maximum absolute atomic E-state index is 11.1. The number of anilines is 1. The molecule has 0 spiro atoms. The largest absolute Gasteiger partial charge is 0.462 e. The Morgan fingerprint density at radius 2 is 2.43 bits per heavy atom. The second-order valence-corrected chi connectivity index (χ2v) is 2.51. The van der Waals surface area contributed by atoms with Gasteiger partial charge in [-0.25, -0.2) is 9.67 Å². The van der Waals surface area contributed by atoms with Gasteiger partial charge in [-0.3, -0.25) is 4.79 Å². The average molecular weight is 200 g/mol. The van der Waals surface area contributed by atoms with Gasteiger partial charge < -0.3 is 15.2 Å². The minimum atomic E-state index is -0.396. The van der Waals surface area contributed by atoms with Gasteiger partial charge in [0.25, 0.3) is 0 Å². The van der Waals surface area contributed by atoms with Crippen molar-refractivity contribution in [3.63, 3.8) is 0 Å². The number of methoxy groups -OCH3 is 1. The number of rotatable bonds is 5. The van der Waals surface area contributed by atoms with Gasteiger partial charge in [0.1, 0.15) is 19.5 Å². The first-order valence-corrected chi connectivity index (χ1v) is 4.02. The van der Waals surface area contributed by atoms with Crippen molar-refractivity contribution in [3.05, 3.63) is 6.33 Å². The Hall–Kier alpha value is -1.63. The quantitative estimate of drug-likeness (QED) is 0.486. The first-order valence-electron chi connectivity index (χ1n) is 4.02. The Balaban J connectivity index is 2.27. The Morgan fingerprint density at radius 3 is 3.00 bits per heavy atom. The van der Waals surface area contributed by atoms with Crippen LogP contribution in [0.5, 0.6) is 0 Å². The van der Waals surface area contributed by atoms with Gasteiger partial charge in [0.15, 0.2) is 0 Å². The van der Waals surface area contributed by atoms with Crippen LogP contribution in [0.1, 0.15) is 0 Å². The van der Waals surface area contributed by atoms with Crippen LogP contribution in [0, 0.1) is 0 Å². The molecule has 7 heteroatoms. The van der Waals surface area contributed by atoms with Crippen molar-refractivity contribution in [1.82, 2.24) is 14.8 Å². The topological polar surface area (TPSA) is 92.3 Å². The molecule has 1 rings (SSSR count). The monoisotopic (exact) mass is 200 g/mol. The first kappa shape index (κ1) is 10.5. The molecule has 0 unspecified atom stereocenters. The van der Waals surface area contributed by atoms with E-state index >= 15 is 0 Å². The third-order valence-electron chi connectivity index (χ3n) is 1.40. The fourth-order valence-electron chi connectivity index (χ4n) is 0.802. The lowest BCUT2D eigenvalue weighted by molar-refractivity contribution is -0.145. The average Bonchev–Trinajstić information content (AvgIpc) is 2.52. The predicted molar refractivity (Wildman–Crippen MR) is 47.3 cm³/mol. The molecule has 0 aliphatic rings. The molecule has 7 nitrogen and oxygen atoms in total. The maximum Gasteiger partial charge on any atom is 0.327 e. The normalized spacial score (nSPS) is 10.1. The number of nitrogens with zero attached hydrogens (tertiary/aromatic N) is 3. The molecule has 1 aromatic rings. The standard InChI is InChI=1S/C7H12N4O3/c1-13-2-3-14-6(12)4-11-5-9-7(8)10-11/h5H,2-4H2,1H3,(H2,8,10). The highest BCUT2D eigenvalue weighted by atomic mass is 16.6. The molecule has 0 saturated heterocycles. The summed E-state index contributed by atoms with van der Waals surface area (Å²) in [5.41, 5.74) is 5.26. The fraction of sp³-hybridized carbons (Fsp3) is 0.571. The van der Waals surface area contributed by atoms with E-state index < -0.39 is 5.97 Å². The highest BCUT2D eigenvalue weighted by Gasteiger charge is 2.05. The zero-order valence-corrected chi connectivity index (χ0v) is 7.84. The summed E-state index contributed by atoms with van der Waals surface area (Å²) in [6.07, 6.45) is 1.37. The fourth-order valence-corrected chi connectivity index (χ4v) is 0.802. The second kappa shape index (κ2) is 5.18. The Labute approximate surface area is 80.8 Å². The Kier molecular flexibility index (Phi) is 3.86. The van der Waals surface area contributed by atoms with Crippen LogP contribution in [-0.2, 0) is 20.8 Å². The van der Waals surface area contributed by atoms with Gasteiger partial charge >= 0.3 is 5.97 Å². The molecule has 0 aliphatic carbocycles. The van der Waals surface area contributed by atoms with Crippen LogP contribution in [0.4, 0.5) is 5.95 Å². The summed E-state index contributed by atoms with van der Waals surface area (Å²) < 4.78 is 10.8. The van der Waals surface area contributed by atoms with E-state index in [1.807, 2.05) is 0 Å². The predicted octanol–water partition coefficient (Wildman–Crippen LogP) is -0.950. The second-order valence-electron chi connectivity index (χ2n) is 2.51. The number of ether oxygens (including phenoxy) is 2. The van der Waals surface area contributed by atoms with Crippen molar-refractivity contribution in [2.24, 2.45) is 0 Å². The Morgan fingerprint density at radius 1 is 1.64 bits per heavy atom. The number of carbonyl (C=O) groups excluding carboxylic acids is 1. The molecular weight excluding hydrogens is 188 g/mol. The summed E-state index contributed by atoms with van der Waals surface area (Å²) >= 11 is 0. The van der Waals surface area contributed by atoms with Crippen molar-refractivity contribution in [1.29, 1.82) is 0 Å². The smallest absolute Gasteiger partial charge is 0.327 e. The summed E-state index contributed by atoms with van der Waals surface area (Å²) in [4.78, 5) is 14.8. The summed E-state index contributed by atoms with van der Waals surface area (Å²) in [5, 5.41) is 3.73. The first-order chi connectivity index (χ1) is 6.72. The SMILES string of the molecule is COCCOC(=O)Cn1cnc(N)n1. The molecule has 0 aliphatic heterocycles. The van der Waals surface area contributed by atoms with Crippen molar-refractivity contribution in [3.8, 4) is 0 Å². The zero-order valence-electron chi connectivity index (χ0n) is 7.84. The van der Waals surface area contributed by atoms with E-state index in [9.17, 15) is 4.79 Å². The molecule has 0 saturated carbocycles. The van der Waals surface area contributed by atoms with Gasteiger partial charge in [0.05, 0.1) is 6.61 Å². The van der Waals surface area contributed by atoms with Crippen LogP contribution in [0.2, 0.25) is 0 Å². The molecular formula is C7H12N4O3. The molecule has 14 heavy (non-hydrogen) atoms. The lowest BCUT2D eigenvalue weighted by Crippen LogP contribution is -2.16. The van der Waals surface area contributed by atoms with E-state index in [0.717, 1.165) is 0 Å². The molecule has 0 radical (unpaired) electrons. The van der Waals surface area contributed by atoms with Gasteiger partial charge in [-0.05, 0) is 0 Å². The van der Waals surface area contributed by atoms with Crippen LogP contribution in [0.15, 0.2) is 6.33 Å². The minimum absolute atomic E-state index is 0.00785. The number of nitrogens with two attached hydrogens (primary N) is 1. The third-order valence-corrected chi connectivity index (χ3v) is 1.40. The summed E-state index contributed by atoms with van der Waals surface area (Å²) in [6, 6.07) is 0. The molecule has 0 amide bonds. The lowest BCUT2D eigenvalue weighted by atomic mass is 10.6. The molecule has 2 N–H and O–H groups in total. The van der Waals surface area contributed by atoms with Crippen LogP contribution in [-0.4, -0.2) is 41.1 Å². The van der Waals surface area contributed by atoms with Crippen molar-refractivity contribution in [2.45, 2.75) is 6.54 Å². The van der Waals surface area contributed by atoms with E-state index in [1.54, 1.807) is 0 Å². The van der Waals surface area contributed by atoms with Gasteiger partial charge in [0, 0.05) is 7.11 Å². The maximum atomic E-state index is 11.1. The minimum Gasteiger partial charge on any atom is -0.462 e. The molecule has 0 aromatic carbocycles. The zero-order chi connectivity index (χ0) is 10.4. The van der Waals surface area contributed by atoms with Crippen molar-refractivity contribution >= 4 is 11.9 Å². The number of hydrogen-bond acceptors (Lipinski definition) is 6. The molecule has 1 aromatic heterocycles. The van der Waals surface area contributed by atoms with E-state index in [1.165, 1.54) is 18.1 Å². The number of aromatic nitrogens is 3. The molecule has 1 heterocycles. The van der Waals surface area contributed by atoms with E-state index in [2.05, 4.69) is 10.1 Å². The van der Waals surface area contributed by atoms with Crippen molar-refractivity contribution < 1.29 is 14.3 Å². The highest BCUT2D eigenvalue weighted by Crippen LogP contribution is 1.90. The van der Waals surface area contributed by atoms with Gasteiger partial charge in [-0.2, -0.15) is 0 Å². The highest BCUT2D eigenvalue weighted by molar-refractivity contribution is 5.68. The Bertz CT molecular complexity index is 299. The number of carbonyl (C=O) groups is 1. The van der Waals surface area contributed by atoms with Crippen LogP contribution in [0.25, 0.3) is 0 Å². The number of esters is 1. The van der Waals surface area contributed by atoms with Crippen LogP contribution < -0.4 is 5.73 Å².